The lowest BCUT2D eigenvalue weighted by Gasteiger charge is -2.39. The van der Waals surface area contributed by atoms with Gasteiger partial charge in [-0.25, -0.2) is 0 Å². The van der Waals surface area contributed by atoms with Gasteiger partial charge in [0.05, 0.1) is 18.0 Å². The van der Waals surface area contributed by atoms with E-state index in [2.05, 4.69) is 47.3 Å². The van der Waals surface area contributed by atoms with Gasteiger partial charge in [0.15, 0.2) is 11.5 Å². The summed E-state index contributed by atoms with van der Waals surface area (Å²) in [7, 11) is 0. The number of aromatic amines is 1. The maximum Gasteiger partial charge on any atom is 0.161 e. The number of ether oxygens (including phenoxy) is 1. The van der Waals surface area contributed by atoms with Crippen molar-refractivity contribution in [3.8, 4) is 23.3 Å². The van der Waals surface area contributed by atoms with Crippen LogP contribution in [-0.2, 0) is 6.42 Å². The van der Waals surface area contributed by atoms with E-state index in [0.29, 0.717) is 25.2 Å². The molecule has 272 valence electrons. The van der Waals surface area contributed by atoms with Crippen LogP contribution in [-0.4, -0.2) is 67.6 Å². The predicted molar refractivity (Wildman–Crippen MR) is 196 cm³/mol. The molecule has 51 heavy (non-hydrogen) atoms. The zero-order chi connectivity index (χ0) is 35.7. The first-order valence-corrected chi connectivity index (χ1v) is 18.8. The number of nitrogens with two attached hydrogens (primary N) is 1. The van der Waals surface area contributed by atoms with Crippen molar-refractivity contribution < 1.29 is 30.3 Å². The molecule has 5 aliphatic rings. The summed E-state index contributed by atoms with van der Waals surface area (Å²) < 4.78 is 6.55. The van der Waals surface area contributed by atoms with Gasteiger partial charge in [-0.2, -0.15) is 0 Å². The van der Waals surface area contributed by atoms with Crippen LogP contribution in [0, 0.1) is 46.8 Å². The van der Waals surface area contributed by atoms with E-state index >= 15 is 0 Å². The summed E-state index contributed by atoms with van der Waals surface area (Å²) in [4.78, 5) is 3.29. The molecule has 2 bridgehead atoms. The van der Waals surface area contributed by atoms with E-state index in [0.717, 1.165) is 55.4 Å². The molecule has 0 saturated heterocycles. The van der Waals surface area contributed by atoms with Crippen molar-refractivity contribution in [1.29, 1.82) is 0 Å². The second kappa shape index (κ2) is 15.0. The number of hydrogen-bond acceptors (Lipinski definition) is 8. The molecule has 0 unspecified atom stereocenters. The Morgan fingerprint density at radius 3 is 2.69 bits per heavy atom. The molecular weight excluding hydrogens is 642 g/mol. The first-order chi connectivity index (χ1) is 24.6. The molecule has 0 spiro atoms. The Bertz CT molecular complexity index is 1720. The first-order valence-electron chi connectivity index (χ1n) is 18.8. The van der Waals surface area contributed by atoms with Crippen LogP contribution in [0.15, 0.2) is 84.4 Å². The second-order valence-electron chi connectivity index (χ2n) is 15.4. The molecule has 1 aromatic heterocycles. The molecule has 1 saturated carbocycles. The first kappa shape index (κ1) is 35.5. The molecule has 0 radical (unpaired) electrons. The van der Waals surface area contributed by atoms with Crippen LogP contribution in [0.2, 0.25) is 0 Å². The van der Waals surface area contributed by atoms with Crippen molar-refractivity contribution >= 4 is 0 Å². The molecule has 2 heterocycles. The highest BCUT2D eigenvalue weighted by atomic mass is 16.5. The van der Waals surface area contributed by atoms with E-state index < -0.39 is 36.4 Å². The number of phenols is 1. The van der Waals surface area contributed by atoms with E-state index in [4.69, 9.17) is 10.5 Å². The molecule has 4 aliphatic carbocycles. The highest BCUT2D eigenvalue weighted by molar-refractivity contribution is 5.45. The monoisotopic (exact) mass is 695 g/mol. The fraction of sp³-hybridized carbons (Fsp3) is 0.524. The Labute approximate surface area is 301 Å². The third-order valence-electron chi connectivity index (χ3n) is 12.4. The number of benzene rings is 1. The number of phenolic OH excluding ortho intramolecular Hbond substituents is 1. The summed E-state index contributed by atoms with van der Waals surface area (Å²) in [5.41, 5.74) is 8.98. The van der Waals surface area contributed by atoms with Gasteiger partial charge in [0.25, 0.3) is 0 Å². The largest absolute Gasteiger partial charge is 0.504 e. The lowest BCUT2D eigenvalue weighted by atomic mass is 9.74. The van der Waals surface area contributed by atoms with Gasteiger partial charge in [0.2, 0.25) is 0 Å². The third-order valence-corrected chi connectivity index (χ3v) is 12.4. The topological polar surface area (TPSA) is 164 Å². The van der Waals surface area contributed by atoms with Gasteiger partial charge in [-0.1, -0.05) is 61.6 Å². The molecular formula is C42H53N3O6. The average molecular weight is 696 g/mol. The van der Waals surface area contributed by atoms with Crippen LogP contribution in [0.5, 0.6) is 11.5 Å². The minimum Gasteiger partial charge on any atom is -0.504 e. The van der Waals surface area contributed by atoms with Crippen molar-refractivity contribution in [2.75, 3.05) is 6.54 Å². The maximum atomic E-state index is 11.8. The van der Waals surface area contributed by atoms with E-state index in [1.165, 1.54) is 0 Å². The van der Waals surface area contributed by atoms with Gasteiger partial charge in [0, 0.05) is 47.5 Å². The number of aliphatic hydroxyl groups excluding tert-OH is 4. The van der Waals surface area contributed by atoms with Crippen LogP contribution in [0.25, 0.3) is 0 Å². The van der Waals surface area contributed by atoms with Crippen LogP contribution < -0.4 is 15.8 Å². The minimum absolute atomic E-state index is 0.0326. The van der Waals surface area contributed by atoms with Crippen LogP contribution in [0.3, 0.4) is 0 Å². The minimum atomic E-state index is -1.26. The predicted octanol–water partition coefficient (Wildman–Crippen LogP) is 4.56. The van der Waals surface area contributed by atoms with E-state index in [1.807, 2.05) is 36.5 Å². The number of rotatable bonds is 8. The summed E-state index contributed by atoms with van der Waals surface area (Å²) in [6.07, 6.45) is 15.7. The standard InChI is InChI=1S/C42H53N3O6/c1-2-42-16-3-5-26(14-18-42)39(49)38-25(13-17-42)7-8-27(21-35(38)48)28-9-11-33(46)36(22-28)51-41-31(10-12-34(47)40(41)50)32(24-30-6-4-19-44-30)29-15-20-45-37(43)23-29/h4,6-12,15,19,22-23,25-27,31-32,34-35,38-41,44-50H,2-3,5,14,16,18,20-21,24,43H2,1H3/t25-,26-,27-,31+,32+,34+,35+,38-,39-,40-,41-,42-/m0/s1. The highest BCUT2D eigenvalue weighted by Gasteiger charge is 2.44. The van der Waals surface area contributed by atoms with Crippen LogP contribution in [0.1, 0.15) is 69.0 Å². The quantitative estimate of drug-likeness (QED) is 0.147. The van der Waals surface area contributed by atoms with Gasteiger partial charge >= 0.3 is 0 Å². The number of dihydropyridines is 1. The van der Waals surface area contributed by atoms with Gasteiger partial charge in [0.1, 0.15) is 18.3 Å². The fourth-order valence-corrected chi connectivity index (χ4v) is 9.29. The smallest absolute Gasteiger partial charge is 0.161 e. The highest BCUT2D eigenvalue weighted by Crippen LogP contribution is 2.46. The second-order valence-corrected chi connectivity index (χ2v) is 15.4. The lowest BCUT2D eigenvalue weighted by Crippen LogP contribution is -2.50. The van der Waals surface area contributed by atoms with Crippen molar-refractivity contribution in [2.24, 2.45) is 40.7 Å². The number of hydrogen-bond donors (Lipinski definition) is 8. The summed E-state index contributed by atoms with van der Waals surface area (Å²) >= 11 is 0. The number of aromatic nitrogens is 1. The molecule has 1 aromatic carbocycles. The summed E-state index contributed by atoms with van der Waals surface area (Å²) in [6.45, 7) is 2.78. The number of aromatic hydroxyl groups is 1. The zero-order valence-electron chi connectivity index (χ0n) is 29.4. The summed E-state index contributed by atoms with van der Waals surface area (Å²) in [5, 5.41) is 59.9. The van der Waals surface area contributed by atoms with E-state index in [-0.39, 0.29) is 46.5 Å². The average Bonchev–Trinajstić information content (AvgIpc) is 3.49. The number of allylic oxidation sites excluding steroid dienone is 4. The number of aliphatic hydroxyl groups is 4. The van der Waals surface area contributed by atoms with Gasteiger partial charge in [-0.3, -0.25) is 0 Å². The van der Waals surface area contributed by atoms with Crippen molar-refractivity contribution in [3.63, 3.8) is 0 Å². The Morgan fingerprint density at radius 2 is 1.90 bits per heavy atom. The number of H-pyrrole nitrogens is 1. The summed E-state index contributed by atoms with van der Waals surface area (Å²) in [5.74, 6) is 6.53. The normalized spacial score (nSPS) is 36.7. The molecule has 9 N–H and O–H groups in total. The SMILES string of the molecule is CC[C@@]12C#C[C@@H]3C=C[C@H](c4ccc(O)c(O[C@@H]5[C@@H](O)[C@H](O)C=C[C@@H]5[C@H](Cc5ccc[nH]5)C5=CCNC(N)=C5)c4)C[C@@H](O)[C@H]3[C@@H](O)[C@@H](CCC1)CC2. The molecule has 1 fully saturated rings. The van der Waals surface area contributed by atoms with Crippen molar-refractivity contribution in [3.05, 3.63) is 95.6 Å². The third kappa shape index (κ3) is 7.38. The fourth-order valence-electron chi connectivity index (χ4n) is 9.29. The molecule has 1 aliphatic heterocycles. The van der Waals surface area contributed by atoms with Crippen LogP contribution in [0.4, 0.5) is 0 Å². The Balaban J connectivity index is 1.19. The molecule has 12 atom stereocenters. The maximum absolute atomic E-state index is 11.8. The van der Waals surface area contributed by atoms with E-state index in [9.17, 15) is 25.5 Å². The Kier molecular flexibility index (Phi) is 10.4. The molecule has 7 rings (SSSR count). The lowest BCUT2D eigenvalue weighted by molar-refractivity contribution is -0.0608. The molecule has 0 amide bonds. The van der Waals surface area contributed by atoms with Crippen molar-refractivity contribution in [1.82, 2.24) is 10.3 Å². The Hall–Kier alpha value is -3.94. The summed E-state index contributed by atoms with van der Waals surface area (Å²) in [6, 6.07) is 9.14. The Morgan fingerprint density at radius 1 is 1.04 bits per heavy atom. The van der Waals surface area contributed by atoms with Gasteiger partial charge in [-0.05, 0) is 98.3 Å². The van der Waals surface area contributed by atoms with E-state index in [1.54, 1.807) is 18.2 Å². The number of nitrogens with one attached hydrogen (secondary N) is 2. The zero-order valence-corrected chi connectivity index (χ0v) is 29.4. The van der Waals surface area contributed by atoms with Crippen LogP contribution >= 0.6 is 0 Å². The number of fused-ring (bicyclic) bond motifs is 4. The molecule has 2 aromatic rings. The van der Waals surface area contributed by atoms with Gasteiger partial charge < -0.3 is 46.3 Å². The van der Waals surface area contributed by atoms with Gasteiger partial charge in [-0.15, -0.1) is 0 Å². The van der Waals surface area contributed by atoms with Crippen molar-refractivity contribution in [2.45, 2.75) is 94.7 Å². The molecule has 9 nitrogen and oxygen atoms in total. The molecule has 9 heteroatoms.